The smallest absolute Gasteiger partial charge is 0.123 e. The van der Waals surface area contributed by atoms with Crippen molar-refractivity contribution in [3.05, 3.63) is 52.3 Å². The average Bonchev–Trinajstić information content (AvgIpc) is 2.80. The third-order valence-electron chi connectivity index (χ3n) is 4.21. The first kappa shape index (κ1) is 16.1. The second kappa shape index (κ2) is 6.67. The average molecular weight is 297 g/mol. The first-order valence-corrected chi connectivity index (χ1v) is 7.41. The second-order valence-electron chi connectivity index (χ2n) is 5.66. The zero-order valence-electron chi connectivity index (χ0n) is 13.9. The largest absolute Gasteiger partial charge is 0.496 e. The molecule has 0 bridgehead atoms. The number of ether oxygens (including phenoxy) is 1. The summed E-state index contributed by atoms with van der Waals surface area (Å²) in [6.07, 6.45) is 0. The van der Waals surface area contributed by atoms with Gasteiger partial charge in [0.05, 0.1) is 7.11 Å². The van der Waals surface area contributed by atoms with E-state index in [0.29, 0.717) is 5.69 Å². The Hall–Kier alpha value is -2.25. The third-order valence-corrected chi connectivity index (χ3v) is 4.21. The summed E-state index contributed by atoms with van der Waals surface area (Å²) in [5.74, 6) is 0.896. The highest BCUT2D eigenvalue weighted by molar-refractivity contribution is 5.39. The van der Waals surface area contributed by atoms with Crippen LogP contribution in [0.15, 0.2) is 24.3 Å². The molecule has 0 aliphatic carbocycles. The molecular weight excluding hydrogens is 274 g/mol. The lowest BCUT2D eigenvalue weighted by Gasteiger charge is -2.18. The molecule has 0 fully saturated rings. The molecule has 0 aliphatic heterocycles. The molecule has 116 valence electrons. The van der Waals surface area contributed by atoms with E-state index in [2.05, 4.69) is 37.4 Å². The van der Waals surface area contributed by atoms with E-state index in [-0.39, 0.29) is 6.04 Å². The van der Waals surface area contributed by atoms with Crippen molar-refractivity contribution in [2.45, 2.75) is 33.4 Å². The summed E-state index contributed by atoms with van der Waals surface area (Å²) in [5.41, 5.74) is 5.32. The summed E-state index contributed by atoms with van der Waals surface area (Å²) in [6.45, 7) is 6.96. The number of aryl methyl sites for hydroxylation is 1. The van der Waals surface area contributed by atoms with Crippen LogP contribution < -0.4 is 10.1 Å². The molecular formula is C18H23N3O. The second-order valence-corrected chi connectivity index (χ2v) is 5.66. The molecule has 1 N–H and O–H groups in total. The number of benzene rings is 1. The van der Waals surface area contributed by atoms with Crippen molar-refractivity contribution < 1.29 is 4.74 Å². The van der Waals surface area contributed by atoms with E-state index in [1.165, 1.54) is 5.56 Å². The monoisotopic (exact) mass is 297 g/mol. The zero-order valence-corrected chi connectivity index (χ0v) is 13.9. The van der Waals surface area contributed by atoms with Crippen LogP contribution in [0.3, 0.4) is 0 Å². The van der Waals surface area contributed by atoms with Gasteiger partial charge in [-0.05, 0) is 38.5 Å². The van der Waals surface area contributed by atoms with Gasteiger partial charge in [0.2, 0.25) is 0 Å². The predicted octanol–water partition coefficient (Wildman–Crippen LogP) is 3.37. The molecule has 4 heteroatoms. The highest BCUT2D eigenvalue weighted by Gasteiger charge is 2.13. The maximum absolute atomic E-state index is 9.10. The summed E-state index contributed by atoms with van der Waals surface area (Å²) < 4.78 is 7.38. The van der Waals surface area contributed by atoms with Crippen LogP contribution in [0.25, 0.3) is 0 Å². The van der Waals surface area contributed by atoms with Crippen molar-refractivity contribution in [3.63, 3.8) is 0 Å². The van der Waals surface area contributed by atoms with E-state index < -0.39 is 0 Å². The fourth-order valence-corrected chi connectivity index (χ4v) is 2.61. The number of nitriles is 1. The molecule has 0 radical (unpaired) electrons. The van der Waals surface area contributed by atoms with Gasteiger partial charge in [-0.1, -0.05) is 17.7 Å². The van der Waals surface area contributed by atoms with E-state index in [0.717, 1.165) is 29.1 Å². The van der Waals surface area contributed by atoms with E-state index in [9.17, 15) is 0 Å². The van der Waals surface area contributed by atoms with Crippen molar-refractivity contribution in [1.29, 1.82) is 5.26 Å². The molecule has 2 rings (SSSR count). The number of nitrogens with one attached hydrogen (secondary N) is 1. The van der Waals surface area contributed by atoms with Gasteiger partial charge in [-0.2, -0.15) is 5.26 Å². The fraction of sp³-hybridized carbons (Fsp3) is 0.389. The molecule has 0 saturated carbocycles. The summed E-state index contributed by atoms with van der Waals surface area (Å²) >= 11 is 0. The molecule has 4 nitrogen and oxygen atoms in total. The van der Waals surface area contributed by atoms with Crippen molar-refractivity contribution in [2.24, 2.45) is 7.05 Å². The van der Waals surface area contributed by atoms with Crippen LogP contribution in [0.4, 0.5) is 0 Å². The minimum Gasteiger partial charge on any atom is -0.496 e. The number of methoxy groups -OCH3 is 1. The van der Waals surface area contributed by atoms with Gasteiger partial charge in [-0.25, -0.2) is 0 Å². The Bertz CT molecular complexity index is 710. The first-order chi connectivity index (χ1) is 10.5. The van der Waals surface area contributed by atoms with E-state index in [4.69, 9.17) is 10.00 Å². The van der Waals surface area contributed by atoms with Gasteiger partial charge < -0.3 is 14.6 Å². The van der Waals surface area contributed by atoms with Gasteiger partial charge in [0, 0.05) is 30.9 Å². The Labute approximate surface area is 132 Å². The summed E-state index contributed by atoms with van der Waals surface area (Å²) in [5, 5.41) is 12.6. The van der Waals surface area contributed by atoms with Crippen molar-refractivity contribution >= 4 is 0 Å². The van der Waals surface area contributed by atoms with Crippen molar-refractivity contribution in [1.82, 2.24) is 9.88 Å². The summed E-state index contributed by atoms with van der Waals surface area (Å²) in [4.78, 5) is 0. The van der Waals surface area contributed by atoms with E-state index in [1.807, 2.05) is 30.7 Å². The molecule has 1 atom stereocenters. The van der Waals surface area contributed by atoms with Gasteiger partial charge in [0.25, 0.3) is 0 Å². The Kier molecular flexibility index (Phi) is 4.89. The Balaban J connectivity index is 2.15. The third kappa shape index (κ3) is 3.15. The molecule has 1 aromatic heterocycles. The van der Waals surface area contributed by atoms with Crippen LogP contribution >= 0.6 is 0 Å². The highest BCUT2D eigenvalue weighted by atomic mass is 16.5. The Morgan fingerprint density at radius 1 is 1.32 bits per heavy atom. The van der Waals surface area contributed by atoms with Crippen LogP contribution in [-0.2, 0) is 13.6 Å². The summed E-state index contributed by atoms with van der Waals surface area (Å²) in [6, 6.07) is 10.5. The first-order valence-electron chi connectivity index (χ1n) is 7.41. The van der Waals surface area contributed by atoms with Crippen LogP contribution in [0, 0.1) is 25.2 Å². The molecule has 1 unspecified atom stereocenters. The lowest BCUT2D eigenvalue weighted by Crippen LogP contribution is -2.19. The molecule has 1 aromatic carbocycles. The lowest BCUT2D eigenvalue weighted by molar-refractivity contribution is 0.401. The zero-order chi connectivity index (χ0) is 16.3. The normalized spacial score (nSPS) is 12.0. The van der Waals surface area contributed by atoms with Gasteiger partial charge >= 0.3 is 0 Å². The molecule has 22 heavy (non-hydrogen) atoms. The van der Waals surface area contributed by atoms with Crippen molar-refractivity contribution in [2.75, 3.05) is 7.11 Å². The van der Waals surface area contributed by atoms with Gasteiger partial charge in [-0.15, -0.1) is 0 Å². The maximum Gasteiger partial charge on any atom is 0.123 e. The van der Waals surface area contributed by atoms with Crippen molar-refractivity contribution in [3.8, 4) is 11.8 Å². The summed E-state index contributed by atoms with van der Waals surface area (Å²) in [7, 11) is 3.62. The Morgan fingerprint density at radius 3 is 2.64 bits per heavy atom. The number of hydrogen-bond acceptors (Lipinski definition) is 3. The van der Waals surface area contributed by atoms with Gasteiger partial charge in [-0.3, -0.25) is 0 Å². The van der Waals surface area contributed by atoms with Crippen LogP contribution in [0.5, 0.6) is 5.75 Å². The van der Waals surface area contributed by atoms with Crippen LogP contribution in [-0.4, -0.2) is 11.7 Å². The van der Waals surface area contributed by atoms with Crippen LogP contribution in [0.1, 0.15) is 41.0 Å². The lowest BCUT2D eigenvalue weighted by atomic mass is 10.0. The molecule has 0 aliphatic rings. The quantitative estimate of drug-likeness (QED) is 0.920. The van der Waals surface area contributed by atoms with Gasteiger partial charge in [0.15, 0.2) is 0 Å². The van der Waals surface area contributed by atoms with Crippen LogP contribution in [0.2, 0.25) is 0 Å². The van der Waals surface area contributed by atoms with E-state index in [1.54, 1.807) is 7.11 Å². The maximum atomic E-state index is 9.10. The minimum absolute atomic E-state index is 0.167. The number of aromatic nitrogens is 1. The fourth-order valence-electron chi connectivity index (χ4n) is 2.61. The molecule has 2 aromatic rings. The van der Waals surface area contributed by atoms with Gasteiger partial charge in [0.1, 0.15) is 17.5 Å². The molecule has 0 amide bonds. The SMILES string of the molecule is COc1ccc(C)cc1C(C)NCc1cc(C#N)n(C)c1C. The highest BCUT2D eigenvalue weighted by Crippen LogP contribution is 2.26. The number of nitrogens with zero attached hydrogens (tertiary/aromatic N) is 2. The standard InChI is InChI=1S/C18H23N3O/c1-12-6-7-18(22-5)17(8-12)13(2)20-11-15-9-16(10-19)21(4)14(15)3/h6-9,13,20H,11H2,1-5H3. The molecule has 0 saturated heterocycles. The topological polar surface area (TPSA) is 50.0 Å². The molecule has 0 spiro atoms. The number of rotatable bonds is 5. The minimum atomic E-state index is 0.167. The predicted molar refractivity (Wildman–Crippen MR) is 87.9 cm³/mol. The van der Waals surface area contributed by atoms with E-state index >= 15 is 0 Å². The number of hydrogen-bond donors (Lipinski definition) is 1. The Morgan fingerprint density at radius 2 is 2.05 bits per heavy atom. The molecule has 1 heterocycles.